The van der Waals surface area contributed by atoms with E-state index >= 15 is 0 Å². The predicted octanol–water partition coefficient (Wildman–Crippen LogP) is 4.78. The van der Waals surface area contributed by atoms with Gasteiger partial charge in [-0.05, 0) is 43.8 Å². The second-order valence-corrected chi connectivity index (χ2v) is 8.27. The van der Waals surface area contributed by atoms with Gasteiger partial charge in [-0.25, -0.2) is 4.68 Å². The van der Waals surface area contributed by atoms with E-state index in [4.69, 9.17) is 16.6 Å². The summed E-state index contributed by atoms with van der Waals surface area (Å²) in [7, 11) is 0. The number of hydrogen-bond donors (Lipinski definition) is 0. The highest BCUT2D eigenvalue weighted by Gasteiger charge is 2.18. The van der Waals surface area contributed by atoms with Crippen molar-refractivity contribution < 1.29 is 4.42 Å². The van der Waals surface area contributed by atoms with Crippen molar-refractivity contribution in [2.45, 2.75) is 20.5 Å². The number of nitrogens with zero attached hydrogens (tertiary/aromatic N) is 4. The zero-order valence-corrected chi connectivity index (χ0v) is 18.4. The Bertz CT molecular complexity index is 1040. The van der Waals surface area contributed by atoms with Gasteiger partial charge in [0.05, 0.1) is 6.67 Å². The van der Waals surface area contributed by atoms with E-state index in [9.17, 15) is 0 Å². The average Bonchev–Trinajstić information content (AvgIpc) is 3.10. The third-order valence-corrected chi connectivity index (χ3v) is 5.64. The normalized spacial score (nSPS) is 15.8. The number of aromatic nitrogens is 2. The first-order valence-corrected chi connectivity index (χ1v) is 10.8. The Kier molecular flexibility index (Phi) is 6.57. The zero-order chi connectivity index (χ0) is 20.9. The van der Waals surface area contributed by atoms with E-state index in [0.29, 0.717) is 17.4 Å². The van der Waals surface area contributed by atoms with Crippen molar-refractivity contribution in [2.75, 3.05) is 32.7 Å². The maximum Gasteiger partial charge on any atom is 0.288 e. The van der Waals surface area contributed by atoms with Crippen LogP contribution in [0.25, 0.3) is 17.5 Å². The smallest absolute Gasteiger partial charge is 0.288 e. The molecule has 0 amide bonds. The molecule has 4 rings (SSSR count). The van der Waals surface area contributed by atoms with E-state index in [1.54, 1.807) is 4.68 Å². The predicted molar refractivity (Wildman–Crippen MR) is 124 cm³/mol. The van der Waals surface area contributed by atoms with Crippen molar-refractivity contribution in [3.63, 3.8) is 0 Å². The quantitative estimate of drug-likeness (QED) is 0.537. The van der Waals surface area contributed by atoms with Crippen LogP contribution in [0.3, 0.4) is 0 Å². The van der Waals surface area contributed by atoms with Gasteiger partial charge in [0.25, 0.3) is 4.84 Å². The summed E-state index contributed by atoms with van der Waals surface area (Å²) in [6.45, 7) is 9.86. The Hall–Kier alpha value is -2.54. The van der Waals surface area contributed by atoms with Crippen LogP contribution < -0.4 is 0 Å². The van der Waals surface area contributed by atoms with Gasteiger partial charge in [0.15, 0.2) is 0 Å². The molecule has 1 aromatic heterocycles. The molecule has 1 aliphatic heterocycles. The lowest BCUT2D eigenvalue weighted by Crippen LogP contribution is -2.46. The summed E-state index contributed by atoms with van der Waals surface area (Å²) >= 11 is 5.42. The van der Waals surface area contributed by atoms with Gasteiger partial charge in [0.2, 0.25) is 5.89 Å². The summed E-state index contributed by atoms with van der Waals surface area (Å²) in [6, 6.07) is 16.7. The molecule has 1 aliphatic rings. The van der Waals surface area contributed by atoms with Crippen LogP contribution in [0.15, 0.2) is 59.0 Å². The van der Waals surface area contributed by atoms with Crippen molar-refractivity contribution in [3.8, 4) is 11.5 Å². The van der Waals surface area contributed by atoms with Gasteiger partial charge in [-0.15, -0.1) is 5.10 Å². The number of aryl methyl sites for hydroxylation is 2. The first kappa shape index (κ1) is 20.7. The van der Waals surface area contributed by atoms with E-state index in [1.807, 2.05) is 6.07 Å². The van der Waals surface area contributed by atoms with Crippen LogP contribution in [0, 0.1) is 18.7 Å². The molecule has 0 aliphatic carbocycles. The molecule has 0 saturated carbocycles. The molecule has 3 aromatic rings. The second kappa shape index (κ2) is 9.51. The van der Waals surface area contributed by atoms with Gasteiger partial charge in [-0.2, -0.15) is 0 Å². The van der Waals surface area contributed by atoms with Crippen LogP contribution in [-0.4, -0.2) is 52.3 Å². The Morgan fingerprint density at radius 1 is 0.967 bits per heavy atom. The first-order chi connectivity index (χ1) is 14.6. The van der Waals surface area contributed by atoms with Gasteiger partial charge >= 0.3 is 0 Å². The van der Waals surface area contributed by atoms with Gasteiger partial charge in [-0.3, -0.25) is 9.80 Å². The van der Waals surface area contributed by atoms with Crippen LogP contribution in [0.4, 0.5) is 0 Å². The van der Waals surface area contributed by atoms with Crippen LogP contribution in [0.1, 0.15) is 16.7 Å². The molecule has 0 atom stereocenters. The highest BCUT2D eigenvalue weighted by molar-refractivity contribution is 7.71. The molecule has 0 bridgehead atoms. The van der Waals surface area contributed by atoms with Crippen LogP contribution in [-0.2, 0) is 6.67 Å². The van der Waals surface area contributed by atoms with Crippen LogP contribution in [0.2, 0.25) is 0 Å². The molecule has 0 spiro atoms. The number of rotatable bonds is 6. The second-order valence-electron chi connectivity index (χ2n) is 7.92. The molecule has 156 valence electrons. The molecule has 1 fully saturated rings. The minimum Gasteiger partial charge on any atom is -0.409 e. The third kappa shape index (κ3) is 5.33. The number of benzene rings is 2. The van der Waals surface area contributed by atoms with E-state index in [0.717, 1.165) is 38.3 Å². The lowest BCUT2D eigenvalue weighted by Gasteiger charge is -2.33. The Morgan fingerprint density at radius 2 is 1.63 bits per heavy atom. The SMILES string of the molecule is Cc1cc(C)cc(-c2nn(CN3CCN(C/C=C/c4ccccc4)CC3)c(=S)o2)c1. The Balaban J connectivity index is 1.31. The number of hydrogen-bond acceptors (Lipinski definition) is 5. The summed E-state index contributed by atoms with van der Waals surface area (Å²) in [5.41, 5.74) is 4.61. The summed E-state index contributed by atoms with van der Waals surface area (Å²) in [4.78, 5) is 5.28. The minimum absolute atomic E-state index is 0.428. The van der Waals surface area contributed by atoms with Crippen molar-refractivity contribution in [1.82, 2.24) is 19.6 Å². The van der Waals surface area contributed by atoms with Crippen molar-refractivity contribution in [1.29, 1.82) is 0 Å². The monoisotopic (exact) mass is 420 g/mol. The molecule has 30 heavy (non-hydrogen) atoms. The van der Waals surface area contributed by atoms with Gasteiger partial charge in [-0.1, -0.05) is 59.7 Å². The van der Waals surface area contributed by atoms with Crippen LogP contribution >= 0.6 is 12.2 Å². The third-order valence-electron chi connectivity index (χ3n) is 5.35. The molecule has 0 unspecified atom stereocenters. The van der Waals surface area contributed by atoms with Gasteiger partial charge in [0.1, 0.15) is 0 Å². The summed E-state index contributed by atoms with van der Waals surface area (Å²) in [5.74, 6) is 0.594. The van der Waals surface area contributed by atoms with Crippen molar-refractivity contribution in [2.24, 2.45) is 0 Å². The zero-order valence-electron chi connectivity index (χ0n) is 17.6. The summed E-state index contributed by atoms with van der Waals surface area (Å²) in [6.07, 6.45) is 4.43. The van der Waals surface area contributed by atoms with E-state index in [1.165, 1.54) is 16.7 Å². The molecule has 5 nitrogen and oxygen atoms in total. The average molecular weight is 421 g/mol. The standard InChI is InChI=1S/C24H28N4OS/c1-19-15-20(2)17-22(16-19)23-25-28(24(30)29-23)18-27-13-11-26(12-14-27)10-6-9-21-7-4-3-5-8-21/h3-9,15-17H,10-14,18H2,1-2H3/b9-6+. The maximum absolute atomic E-state index is 5.79. The molecule has 0 N–H and O–H groups in total. The van der Waals surface area contributed by atoms with Gasteiger partial charge < -0.3 is 4.42 Å². The lowest BCUT2D eigenvalue weighted by molar-refractivity contribution is 0.109. The van der Waals surface area contributed by atoms with E-state index in [-0.39, 0.29) is 0 Å². The molecular formula is C24H28N4OS. The maximum atomic E-state index is 5.79. The Labute approximate surface area is 183 Å². The Morgan fingerprint density at radius 3 is 2.33 bits per heavy atom. The topological polar surface area (TPSA) is 37.4 Å². The fourth-order valence-electron chi connectivity index (χ4n) is 3.82. The van der Waals surface area contributed by atoms with Crippen molar-refractivity contribution in [3.05, 3.63) is 76.1 Å². The molecule has 0 radical (unpaired) electrons. The molecule has 2 aromatic carbocycles. The lowest BCUT2D eigenvalue weighted by atomic mass is 10.1. The summed E-state index contributed by atoms with van der Waals surface area (Å²) in [5, 5.41) is 4.64. The number of piperazine rings is 1. The van der Waals surface area contributed by atoms with E-state index < -0.39 is 0 Å². The fourth-order valence-corrected chi connectivity index (χ4v) is 3.99. The van der Waals surface area contributed by atoms with Gasteiger partial charge in [0, 0.05) is 38.3 Å². The summed E-state index contributed by atoms with van der Waals surface area (Å²) < 4.78 is 7.59. The molecular weight excluding hydrogens is 392 g/mol. The molecule has 6 heteroatoms. The first-order valence-electron chi connectivity index (χ1n) is 10.4. The highest BCUT2D eigenvalue weighted by atomic mass is 32.1. The highest BCUT2D eigenvalue weighted by Crippen LogP contribution is 2.21. The largest absolute Gasteiger partial charge is 0.409 e. The van der Waals surface area contributed by atoms with E-state index in [2.05, 4.69) is 83.4 Å². The fraction of sp³-hybridized carbons (Fsp3) is 0.333. The molecule has 2 heterocycles. The van der Waals surface area contributed by atoms with Crippen molar-refractivity contribution >= 4 is 18.3 Å². The molecule has 1 saturated heterocycles. The van der Waals surface area contributed by atoms with Crippen LogP contribution in [0.5, 0.6) is 0 Å². The minimum atomic E-state index is 0.428.